The summed E-state index contributed by atoms with van der Waals surface area (Å²) in [5.74, 6) is -0.731. The number of nitrogens with one attached hydrogen (secondary N) is 3. The van der Waals surface area contributed by atoms with Gasteiger partial charge in [-0.15, -0.1) is 0 Å². The smallest absolute Gasteiger partial charge is 0.255 e. The number of pyridine rings is 1. The molecule has 0 radical (unpaired) electrons. The first-order valence-corrected chi connectivity index (χ1v) is 13.1. The number of halogens is 1. The van der Waals surface area contributed by atoms with Crippen LogP contribution in [0.15, 0.2) is 18.2 Å². The van der Waals surface area contributed by atoms with E-state index in [4.69, 9.17) is 4.98 Å². The number of aldehydes is 1. The van der Waals surface area contributed by atoms with Gasteiger partial charge in [0.05, 0.1) is 17.8 Å². The number of carbonyl (C=O) groups is 3. The lowest BCUT2D eigenvalue weighted by atomic mass is 10.0. The van der Waals surface area contributed by atoms with Crippen LogP contribution in [0.5, 0.6) is 0 Å². The maximum Gasteiger partial charge on any atom is 0.255 e. The van der Waals surface area contributed by atoms with Crippen LogP contribution in [0.3, 0.4) is 0 Å². The SMILES string of the molecule is CCNc1n[nH]c2c(CN3CCCC3)cc(-c3ccc4c(c3F)CN(C(CCC=O)C(=O)NC)C4=O)nc12. The molecule has 2 aliphatic rings. The minimum Gasteiger partial charge on any atom is -0.367 e. The lowest BCUT2D eigenvalue weighted by Gasteiger charge is -2.25. The Bertz CT molecular complexity index is 1380. The van der Waals surface area contributed by atoms with E-state index < -0.39 is 17.8 Å². The van der Waals surface area contributed by atoms with Crippen molar-refractivity contribution < 1.29 is 18.8 Å². The number of rotatable bonds is 10. The summed E-state index contributed by atoms with van der Waals surface area (Å²) < 4.78 is 16.1. The van der Waals surface area contributed by atoms with Crippen molar-refractivity contribution in [3.8, 4) is 11.3 Å². The highest BCUT2D eigenvalue weighted by atomic mass is 19.1. The molecule has 200 valence electrons. The van der Waals surface area contributed by atoms with E-state index in [1.807, 2.05) is 13.0 Å². The topological polar surface area (TPSA) is 123 Å². The number of aromatic amines is 1. The van der Waals surface area contributed by atoms with Crippen molar-refractivity contribution in [2.24, 2.45) is 0 Å². The van der Waals surface area contributed by atoms with Crippen molar-refractivity contribution >= 4 is 35.0 Å². The highest BCUT2D eigenvalue weighted by Crippen LogP contribution is 2.35. The van der Waals surface area contributed by atoms with E-state index in [-0.39, 0.29) is 42.0 Å². The second-order valence-corrected chi connectivity index (χ2v) is 9.74. The fourth-order valence-electron chi connectivity index (χ4n) is 5.44. The Morgan fingerprint density at radius 3 is 2.74 bits per heavy atom. The van der Waals surface area contributed by atoms with Crippen LogP contribution in [0, 0.1) is 5.82 Å². The zero-order valence-electron chi connectivity index (χ0n) is 21.6. The number of benzene rings is 1. The van der Waals surface area contributed by atoms with E-state index in [9.17, 15) is 14.4 Å². The molecule has 11 heteroatoms. The number of carbonyl (C=O) groups excluding carboxylic acids is 3. The average molecular weight is 522 g/mol. The molecule has 2 amide bonds. The zero-order chi connectivity index (χ0) is 26.8. The molecule has 1 atom stereocenters. The van der Waals surface area contributed by atoms with E-state index in [0.717, 1.165) is 37.0 Å². The lowest BCUT2D eigenvalue weighted by molar-refractivity contribution is -0.125. The van der Waals surface area contributed by atoms with Crippen LogP contribution in [-0.4, -0.2) is 75.8 Å². The maximum absolute atomic E-state index is 16.1. The summed E-state index contributed by atoms with van der Waals surface area (Å²) >= 11 is 0. The molecule has 0 saturated carbocycles. The van der Waals surface area contributed by atoms with E-state index in [1.165, 1.54) is 11.9 Å². The molecule has 5 rings (SSSR count). The second kappa shape index (κ2) is 10.9. The summed E-state index contributed by atoms with van der Waals surface area (Å²) in [6.07, 6.45) is 3.31. The van der Waals surface area contributed by atoms with Gasteiger partial charge in [0.15, 0.2) is 5.82 Å². The standard InChI is InChI=1S/C27H32FN7O3/c1-3-30-25-24-23(32-33-25)16(14-34-10-4-5-11-34)13-20(31-24)18-9-8-17-19(22(18)28)15-35(27(17)38)21(7-6-12-36)26(37)29-2/h8-9,12-13,21H,3-7,10-11,14-15H2,1-2H3,(H,29,37)(H2,30,32,33). The van der Waals surface area contributed by atoms with Crippen LogP contribution in [-0.2, 0) is 22.7 Å². The fourth-order valence-corrected chi connectivity index (χ4v) is 5.44. The van der Waals surface area contributed by atoms with Crippen molar-refractivity contribution in [3.63, 3.8) is 0 Å². The molecule has 4 heterocycles. The predicted molar refractivity (Wildman–Crippen MR) is 141 cm³/mol. The van der Waals surface area contributed by atoms with Crippen LogP contribution < -0.4 is 10.6 Å². The molecule has 0 bridgehead atoms. The third-order valence-electron chi connectivity index (χ3n) is 7.36. The van der Waals surface area contributed by atoms with Gasteiger partial charge in [0.1, 0.15) is 23.7 Å². The van der Waals surface area contributed by atoms with Crippen LogP contribution in [0.1, 0.15) is 54.1 Å². The number of H-pyrrole nitrogens is 1. The quantitative estimate of drug-likeness (QED) is 0.351. The fraction of sp³-hybridized carbons (Fsp3) is 0.444. The third kappa shape index (κ3) is 4.62. The van der Waals surface area contributed by atoms with E-state index in [2.05, 4.69) is 25.7 Å². The Kier molecular flexibility index (Phi) is 7.37. The molecule has 1 fully saturated rings. The van der Waals surface area contributed by atoms with Gasteiger partial charge in [-0.25, -0.2) is 9.37 Å². The van der Waals surface area contributed by atoms with Gasteiger partial charge in [-0.1, -0.05) is 0 Å². The summed E-state index contributed by atoms with van der Waals surface area (Å²) in [4.78, 5) is 45.1. The molecule has 3 N–H and O–H groups in total. The minimum absolute atomic E-state index is 0.0536. The maximum atomic E-state index is 16.1. The van der Waals surface area contributed by atoms with E-state index in [1.54, 1.807) is 12.1 Å². The van der Waals surface area contributed by atoms with Crippen LogP contribution in [0.25, 0.3) is 22.3 Å². The molecule has 1 unspecified atom stereocenters. The Labute approximate surface area is 220 Å². The summed E-state index contributed by atoms with van der Waals surface area (Å²) in [6.45, 7) is 5.30. The van der Waals surface area contributed by atoms with Gasteiger partial charge in [0.25, 0.3) is 5.91 Å². The highest BCUT2D eigenvalue weighted by molar-refractivity contribution is 6.02. The number of likely N-dealkylation sites (N-methyl/N-ethyl adjacent to an activating group) is 1. The molecule has 0 spiro atoms. The molecule has 10 nitrogen and oxygen atoms in total. The first kappa shape index (κ1) is 25.8. The van der Waals surface area contributed by atoms with Gasteiger partial charge in [-0.2, -0.15) is 5.10 Å². The largest absolute Gasteiger partial charge is 0.367 e. The van der Waals surface area contributed by atoms with Crippen molar-refractivity contribution in [3.05, 3.63) is 40.7 Å². The number of likely N-dealkylation sites (tertiary alicyclic amines) is 1. The molecule has 0 aliphatic carbocycles. The van der Waals surface area contributed by atoms with Crippen LogP contribution in [0.4, 0.5) is 10.2 Å². The number of hydrogen-bond donors (Lipinski definition) is 3. The first-order chi connectivity index (χ1) is 18.5. The van der Waals surface area contributed by atoms with Gasteiger partial charge in [0.2, 0.25) is 5.91 Å². The lowest BCUT2D eigenvalue weighted by Crippen LogP contribution is -2.46. The van der Waals surface area contributed by atoms with Crippen molar-refractivity contribution in [2.45, 2.75) is 51.7 Å². The Morgan fingerprint density at radius 2 is 2.03 bits per heavy atom. The summed E-state index contributed by atoms with van der Waals surface area (Å²) in [5.41, 5.74) is 3.65. The monoisotopic (exact) mass is 521 g/mol. The molecular formula is C27H32FN7O3. The van der Waals surface area contributed by atoms with Crippen molar-refractivity contribution in [1.82, 2.24) is 30.3 Å². The van der Waals surface area contributed by atoms with Crippen molar-refractivity contribution in [1.29, 1.82) is 0 Å². The average Bonchev–Trinajstić information content (AvgIpc) is 3.65. The highest BCUT2D eigenvalue weighted by Gasteiger charge is 2.38. The predicted octanol–water partition coefficient (Wildman–Crippen LogP) is 2.84. The number of hydrogen-bond acceptors (Lipinski definition) is 7. The third-order valence-corrected chi connectivity index (χ3v) is 7.36. The molecule has 2 aliphatic heterocycles. The van der Waals surface area contributed by atoms with E-state index >= 15 is 4.39 Å². The van der Waals surface area contributed by atoms with E-state index in [0.29, 0.717) is 36.4 Å². The minimum atomic E-state index is -0.858. The Hall–Kier alpha value is -3.86. The molecule has 1 saturated heterocycles. The molecule has 2 aromatic heterocycles. The molecular weight excluding hydrogens is 489 g/mol. The number of amides is 2. The van der Waals surface area contributed by atoms with Crippen LogP contribution in [0.2, 0.25) is 0 Å². The number of aromatic nitrogens is 3. The van der Waals surface area contributed by atoms with Crippen LogP contribution >= 0.6 is 0 Å². The second-order valence-electron chi connectivity index (χ2n) is 9.74. The first-order valence-electron chi connectivity index (χ1n) is 13.1. The Balaban J connectivity index is 1.55. The summed E-state index contributed by atoms with van der Waals surface area (Å²) in [5, 5.41) is 13.3. The van der Waals surface area contributed by atoms with Crippen molar-refractivity contribution in [2.75, 3.05) is 32.0 Å². The molecule has 3 aromatic rings. The number of nitrogens with zero attached hydrogens (tertiary/aromatic N) is 4. The number of anilines is 1. The normalized spacial score (nSPS) is 16.2. The van der Waals surface area contributed by atoms with Gasteiger partial charge < -0.3 is 20.3 Å². The Morgan fingerprint density at radius 1 is 1.26 bits per heavy atom. The molecule has 38 heavy (non-hydrogen) atoms. The van der Waals surface area contributed by atoms with Gasteiger partial charge in [-0.3, -0.25) is 19.6 Å². The summed E-state index contributed by atoms with van der Waals surface area (Å²) in [7, 11) is 1.47. The van der Waals surface area contributed by atoms with Gasteiger partial charge >= 0.3 is 0 Å². The zero-order valence-corrected chi connectivity index (χ0v) is 21.6. The van der Waals surface area contributed by atoms with Gasteiger partial charge in [-0.05, 0) is 63.0 Å². The molecule has 1 aromatic carbocycles. The number of fused-ring (bicyclic) bond motifs is 2. The van der Waals surface area contributed by atoms with Gasteiger partial charge in [0, 0.05) is 43.2 Å². The summed E-state index contributed by atoms with van der Waals surface area (Å²) in [6, 6.07) is 4.22.